The van der Waals surface area contributed by atoms with Gasteiger partial charge >= 0.3 is 0 Å². The van der Waals surface area contributed by atoms with E-state index in [-0.39, 0.29) is 12.1 Å². The van der Waals surface area contributed by atoms with Gasteiger partial charge in [-0.15, -0.1) is 0 Å². The molecule has 0 bridgehead atoms. The Kier molecular flexibility index (Phi) is 9.64. The number of nitrogens with zero attached hydrogens (tertiary/aromatic N) is 2. The van der Waals surface area contributed by atoms with E-state index >= 15 is 0 Å². The summed E-state index contributed by atoms with van der Waals surface area (Å²) >= 11 is 0. The summed E-state index contributed by atoms with van der Waals surface area (Å²) in [7, 11) is 6.16. The molecule has 0 aliphatic heterocycles. The zero-order chi connectivity index (χ0) is 14.0. The van der Waals surface area contributed by atoms with Crippen LogP contribution in [0.4, 0.5) is 0 Å². The van der Waals surface area contributed by atoms with E-state index in [9.17, 15) is 5.11 Å². The second-order valence-electron chi connectivity index (χ2n) is 5.72. The van der Waals surface area contributed by atoms with Crippen molar-refractivity contribution < 1.29 is 5.11 Å². The SMILES string of the molecule is CCCN(CCCC(C)(CO)NC)CCN(C)C. The number of rotatable bonds is 11. The third-order valence-electron chi connectivity index (χ3n) is 3.56. The number of nitrogens with one attached hydrogen (secondary N) is 1. The summed E-state index contributed by atoms with van der Waals surface area (Å²) in [5.74, 6) is 0. The second kappa shape index (κ2) is 9.73. The Morgan fingerprint density at radius 3 is 2.22 bits per heavy atom. The largest absolute Gasteiger partial charge is 0.394 e. The van der Waals surface area contributed by atoms with Crippen LogP contribution in [0, 0.1) is 0 Å². The van der Waals surface area contributed by atoms with Gasteiger partial charge in [0.15, 0.2) is 0 Å². The van der Waals surface area contributed by atoms with Gasteiger partial charge < -0.3 is 20.2 Å². The van der Waals surface area contributed by atoms with Crippen molar-refractivity contribution in [2.45, 2.75) is 38.6 Å². The molecule has 0 aliphatic rings. The van der Waals surface area contributed by atoms with E-state index in [4.69, 9.17) is 0 Å². The topological polar surface area (TPSA) is 38.7 Å². The van der Waals surface area contributed by atoms with Crippen molar-refractivity contribution in [2.75, 3.05) is 53.9 Å². The molecule has 1 unspecified atom stereocenters. The molecule has 2 N–H and O–H groups in total. The summed E-state index contributed by atoms with van der Waals surface area (Å²) in [5.41, 5.74) is -0.126. The fraction of sp³-hybridized carbons (Fsp3) is 1.00. The molecule has 1 atom stereocenters. The predicted octanol–water partition coefficient (Wildman–Crippen LogP) is 1.01. The Bertz CT molecular complexity index is 193. The second-order valence-corrected chi connectivity index (χ2v) is 5.72. The molecule has 0 fully saturated rings. The van der Waals surface area contributed by atoms with Gasteiger partial charge in [0.05, 0.1) is 6.61 Å². The Labute approximate surface area is 113 Å². The summed E-state index contributed by atoms with van der Waals surface area (Å²) in [6.07, 6.45) is 3.35. The van der Waals surface area contributed by atoms with Crippen LogP contribution in [-0.4, -0.2) is 74.4 Å². The molecule has 0 radical (unpaired) electrons. The summed E-state index contributed by atoms with van der Waals surface area (Å²) < 4.78 is 0. The van der Waals surface area contributed by atoms with E-state index in [0.29, 0.717) is 0 Å². The maximum atomic E-state index is 9.35. The van der Waals surface area contributed by atoms with Crippen molar-refractivity contribution in [3.8, 4) is 0 Å². The molecule has 110 valence electrons. The first kappa shape index (κ1) is 17.8. The Balaban J connectivity index is 3.95. The Morgan fingerprint density at radius 1 is 1.11 bits per heavy atom. The molecule has 0 amide bonds. The van der Waals surface area contributed by atoms with E-state index in [1.807, 2.05) is 7.05 Å². The van der Waals surface area contributed by atoms with Crippen LogP contribution < -0.4 is 5.32 Å². The van der Waals surface area contributed by atoms with Gasteiger partial charge in [0, 0.05) is 18.6 Å². The van der Waals surface area contributed by atoms with Gasteiger partial charge in [-0.3, -0.25) is 0 Å². The van der Waals surface area contributed by atoms with Crippen LogP contribution >= 0.6 is 0 Å². The van der Waals surface area contributed by atoms with Gasteiger partial charge in [-0.1, -0.05) is 6.92 Å². The maximum Gasteiger partial charge on any atom is 0.0610 e. The molecule has 0 saturated heterocycles. The van der Waals surface area contributed by atoms with Crippen LogP contribution in [0.3, 0.4) is 0 Å². The number of hydrogen-bond donors (Lipinski definition) is 2. The number of likely N-dealkylation sites (N-methyl/N-ethyl adjacent to an activating group) is 2. The third kappa shape index (κ3) is 8.03. The molecule has 0 aromatic heterocycles. The summed E-state index contributed by atoms with van der Waals surface area (Å²) in [6.45, 7) is 9.06. The molecule has 0 heterocycles. The summed E-state index contributed by atoms with van der Waals surface area (Å²) in [5, 5.41) is 12.6. The Hall–Kier alpha value is -0.160. The molecule has 0 aromatic carbocycles. The van der Waals surface area contributed by atoms with Gasteiger partial charge in [-0.25, -0.2) is 0 Å². The molecule has 18 heavy (non-hydrogen) atoms. The van der Waals surface area contributed by atoms with E-state index in [1.165, 1.54) is 13.0 Å². The maximum absolute atomic E-state index is 9.35. The van der Waals surface area contributed by atoms with Crippen molar-refractivity contribution in [1.29, 1.82) is 0 Å². The number of aliphatic hydroxyl groups excluding tert-OH is 1. The quantitative estimate of drug-likeness (QED) is 0.581. The van der Waals surface area contributed by atoms with Gasteiger partial charge in [0.1, 0.15) is 0 Å². The molecule has 0 spiro atoms. The highest BCUT2D eigenvalue weighted by Crippen LogP contribution is 2.11. The lowest BCUT2D eigenvalue weighted by molar-refractivity contribution is 0.161. The Morgan fingerprint density at radius 2 is 1.78 bits per heavy atom. The van der Waals surface area contributed by atoms with E-state index in [2.05, 4.69) is 43.1 Å². The van der Waals surface area contributed by atoms with Gasteiger partial charge in [-0.2, -0.15) is 0 Å². The highest BCUT2D eigenvalue weighted by atomic mass is 16.3. The highest BCUT2D eigenvalue weighted by molar-refractivity contribution is 4.80. The van der Waals surface area contributed by atoms with E-state index < -0.39 is 0 Å². The normalized spacial score (nSPS) is 15.3. The minimum atomic E-state index is -0.126. The first-order valence-electron chi connectivity index (χ1n) is 7.14. The van der Waals surface area contributed by atoms with Crippen LogP contribution in [0.25, 0.3) is 0 Å². The lowest BCUT2D eigenvalue weighted by Crippen LogP contribution is -2.44. The van der Waals surface area contributed by atoms with Gasteiger partial charge in [0.25, 0.3) is 0 Å². The van der Waals surface area contributed by atoms with Crippen molar-refractivity contribution in [3.05, 3.63) is 0 Å². The van der Waals surface area contributed by atoms with Crippen LogP contribution in [0.2, 0.25) is 0 Å². The zero-order valence-corrected chi connectivity index (χ0v) is 13.0. The molecule has 0 aliphatic carbocycles. The standard InChI is InChI=1S/C14H33N3O/c1-6-9-17(12-11-16(4)5)10-7-8-14(2,13-18)15-3/h15,18H,6-13H2,1-5H3. The average molecular weight is 259 g/mol. The van der Waals surface area contributed by atoms with Crippen molar-refractivity contribution in [2.24, 2.45) is 0 Å². The molecule has 0 saturated carbocycles. The fourth-order valence-electron chi connectivity index (χ4n) is 1.97. The minimum absolute atomic E-state index is 0.126. The molecule has 0 aromatic rings. The monoisotopic (exact) mass is 259 g/mol. The zero-order valence-electron chi connectivity index (χ0n) is 13.0. The molecule has 4 nitrogen and oxygen atoms in total. The van der Waals surface area contributed by atoms with Crippen molar-refractivity contribution >= 4 is 0 Å². The molecular weight excluding hydrogens is 226 g/mol. The van der Waals surface area contributed by atoms with Crippen molar-refractivity contribution in [1.82, 2.24) is 15.1 Å². The van der Waals surface area contributed by atoms with Crippen LogP contribution in [0.15, 0.2) is 0 Å². The van der Waals surface area contributed by atoms with Crippen LogP contribution in [0.5, 0.6) is 0 Å². The highest BCUT2D eigenvalue weighted by Gasteiger charge is 2.20. The summed E-state index contributed by atoms with van der Waals surface area (Å²) in [4.78, 5) is 4.75. The van der Waals surface area contributed by atoms with Crippen LogP contribution in [0.1, 0.15) is 33.1 Å². The van der Waals surface area contributed by atoms with Crippen LogP contribution in [-0.2, 0) is 0 Å². The molecule has 0 rings (SSSR count). The van der Waals surface area contributed by atoms with E-state index in [1.54, 1.807) is 0 Å². The summed E-state index contributed by atoms with van der Waals surface area (Å²) in [6, 6.07) is 0. The fourth-order valence-corrected chi connectivity index (χ4v) is 1.97. The van der Waals surface area contributed by atoms with Crippen molar-refractivity contribution in [3.63, 3.8) is 0 Å². The smallest absolute Gasteiger partial charge is 0.0610 e. The lowest BCUT2D eigenvalue weighted by Gasteiger charge is -2.29. The molecular formula is C14H33N3O. The first-order valence-corrected chi connectivity index (χ1v) is 7.14. The average Bonchev–Trinajstić information content (AvgIpc) is 2.35. The number of hydrogen-bond acceptors (Lipinski definition) is 4. The van der Waals surface area contributed by atoms with Gasteiger partial charge in [0.2, 0.25) is 0 Å². The molecule has 4 heteroatoms. The minimum Gasteiger partial charge on any atom is -0.394 e. The predicted molar refractivity (Wildman–Crippen MR) is 79.1 cm³/mol. The lowest BCUT2D eigenvalue weighted by atomic mass is 9.97. The first-order chi connectivity index (χ1) is 8.47. The number of aliphatic hydroxyl groups is 1. The van der Waals surface area contributed by atoms with E-state index in [0.717, 1.165) is 32.5 Å². The van der Waals surface area contributed by atoms with Gasteiger partial charge in [-0.05, 0) is 60.4 Å². The third-order valence-corrected chi connectivity index (χ3v) is 3.56.